The number of ether oxygens (including phenoxy) is 2. The van der Waals surface area contributed by atoms with E-state index in [4.69, 9.17) is 15.2 Å². The third-order valence-corrected chi connectivity index (χ3v) is 6.34. The Hall–Kier alpha value is -3.11. The van der Waals surface area contributed by atoms with Gasteiger partial charge in [0.1, 0.15) is 17.4 Å². The number of hydrogen-bond donors (Lipinski definition) is 2. The van der Waals surface area contributed by atoms with Crippen LogP contribution >= 0.6 is 11.3 Å². The smallest absolute Gasteiger partial charge is 0.320 e. The first-order chi connectivity index (χ1) is 15.0. The van der Waals surface area contributed by atoms with E-state index in [1.807, 2.05) is 6.92 Å². The van der Waals surface area contributed by atoms with Crippen molar-refractivity contribution in [2.75, 3.05) is 19.4 Å². The van der Waals surface area contributed by atoms with Crippen molar-refractivity contribution < 1.29 is 18.3 Å². The molecule has 0 aliphatic carbocycles. The maximum absolute atomic E-state index is 15.7. The molecule has 1 aliphatic heterocycles. The van der Waals surface area contributed by atoms with Crippen molar-refractivity contribution in [3.05, 3.63) is 35.9 Å². The second-order valence-corrected chi connectivity index (χ2v) is 8.38. The first-order valence-corrected chi connectivity index (χ1v) is 10.6. The molecule has 1 aliphatic rings. The Labute approximate surface area is 180 Å². The monoisotopic (exact) mass is 443 g/mol. The lowest BCUT2D eigenvalue weighted by Crippen LogP contribution is -2.31. The molecule has 2 aromatic heterocycles. The lowest BCUT2D eigenvalue weighted by molar-refractivity contribution is 0.185. The number of hydrogen-bond acceptors (Lipinski definition) is 8. The first kappa shape index (κ1) is 19.8. The molecule has 2 aromatic carbocycles. The summed E-state index contributed by atoms with van der Waals surface area (Å²) in [5, 5.41) is 3.95. The molecule has 1 saturated heterocycles. The fourth-order valence-electron chi connectivity index (χ4n) is 3.85. The van der Waals surface area contributed by atoms with Gasteiger partial charge in [-0.25, -0.2) is 13.8 Å². The van der Waals surface area contributed by atoms with Crippen LogP contribution in [0.5, 0.6) is 11.9 Å². The number of anilines is 1. The Kier molecular flexibility index (Phi) is 4.82. The summed E-state index contributed by atoms with van der Waals surface area (Å²) in [6.45, 7) is 2.86. The van der Waals surface area contributed by atoms with Gasteiger partial charge in [-0.2, -0.15) is 9.97 Å². The molecule has 0 bridgehead atoms. The van der Waals surface area contributed by atoms with Gasteiger partial charge in [-0.1, -0.05) is 17.4 Å². The molecule has 3 N–H and O–H groups in total. The molecule has 0 spiro atoms. The number of benzene rings is 2. The zero-order chi connectivity index (χ0) is 21.7. The van der Waals surface area contributed by atoms with Crippen molar-refractivity contribution in [2.45, 2.75) is 25.5 Å². The summed E-state index contributed by atoms with van der Waals surface area (Å²) in [7, 11) is 1.41. The highest BCUT2D eigenvalue weighted by Crippen LogP contribution is 2.38. The van der Waals surface area contributed by atoms with Gasteiger partial charge in [-0.05, 0) is 38.1 Å². The zero-order valence-electron chi connectivity index (χ0n) is 16.8. The Morgan fingerprint density at radius 3 is 2.65 bits per heavy atom. The molecule has 0 saturated carbocycles. The van der Waals surface area contributed by atoms with Crippen LogP contribution in [-0.4, -0.2) is 40.8 Å². The van der Waals surface area contributed by atoms with Gasteiger partial charge in [-0.15, -0.1) is 0 Å². The summed E-state index contributed by atoms with van der Waals surface area (Å²) in [5.74, 6) is -0.789. The van der Waals surface area contributed by atoms with E-state index in [9.17, 15) is 4.39 Å². The van der Waals surface area contributed by atoms with Crippen LogP contribution in [0.3, 0.4) is 0 Å². The van der Waals surface area contributed by atoms with E-state index in [0.717, 1.165) is 24.3 Å². The van der Waals surface area contributed by atoms with Gasteiger partial charge >= 0.3 is 6.01 Å². The zero-order valence-corrected chi connectivity index (χ0v) is 17.6. The van der Waals surface area contributed by atoms with E-state index < -0.39 is 11.6 Å². The van der Waals surface area contributed by atoms with E-state index in [0.29, 0.717) is 16.5 Å². The fraction of sp³-hybridized carbons (Fsp3) is 0.286. The van der Waals surface area contributed by atoms with Crippen LogP contribution in [0, 0.1) is 11.6 Å². The summed E-state index contributed by atoms with van der Waals surface area (Å²) >= 11 is 1.02. The number of halogens is 2. The highest BCUT2D eigenvalue weighted by Gasteiger charge is 2.27. The lowest BCUT2D eigenvalue weighted by atomic mass is 10.0. The van der Waals surface area contributed by atoms with Gasteiger partial charge in [-0.3, -0.25) is 0 Å². The van der Waals surface area contributed by atoms with Gasteiger partial charge in [0.25, 0.3) is 0 Å². The molecule has 0 amide bonds. The minimum absolute atomic E-state index is 0.000634. The highest BCUT2D eigenvalue weighted by atomic mass is 32.1. The van der Waals surface area contributed by atoms with Gasteiger partial charge in [0.15, 0.2) is 10.9 Å². The predicted octanol–water partition coefficient (Wildman–Crippen LogP) is 3.90. The molecule has 4 aromatic rings. The molecule has 5 rings (SSSR count). The number of nitrogens with one attached hydrogen (secondary N) is 1. The Balaban J connectivity index is 1.69. The molecule has 2 unspecified atom stereocenters. The minimum Gasteiger partial charge on any atom is -0.472 e. The number of methoxy groups -OCH3 is 1. The number of nitrogen functional groups attached to an aromatic ring is 1. The van der Waals surface area contributed by atoms with Crippen LogP contribution < -0.4 is 20.5 Å². The van der Waals surface area contributed by atoms with E-state index in [2.05, 4.69) is 20.3 Å². The normalized spacial score (nSPS) is 18.7. The maximum atomic E-state index is 15.7. The van der Waals surface area contributed by atoms with Gasteiger partial charge < -0.3 is 20.5 Å². The lowest BCUT2D eigenvalue weighted by Gasteiger charge is -2.18. The third kappa shape index (κ3) is 3.31. The standard InChI is InChI=1S/C21H19F2N5O2S/c1-9-14(7-8-25-9)30-19-12-4-3-10(15(23)16(12)27-21(28-19)29-2)11-5-6-13(22)18-17(11)26-20(24)31-18/h3-6,9,14,25H,7-8H2,1-2H3,(H2,24,26). The molecule has 31 heavy (non-hydrogen) atoms. The van der Waals surface area contributed by atoms with Crippen molar-refractivity contribution in [3.8, 4) is 23.0 Å². The molecule has 3 heterocycles. The molecular weight excluding hydrogens is 424 g/mol. The van der Waals surface area contributed by atoms with Crippen molar-refractivity contribution in [3.63, 3.8) is 0 Å². The predicted molar refractivity (Wildman–Crippen MR) is 116 cm³/mol. The summed E-state index contributed by atoms with van der Waals surface area (Å²) < 4.78 is 41.5. The number of nitrogens with zero attached hydrogens (tertiary/aromatic N) is 3. The van der Waals surface area contributed by atoms with Gasteiger partial charge in [0.2, 0.25) is 5.88 Å². The van der Waals surface area contributed by atoms with Crippen LogP contribution in [0.15, 0.2) is 24.3 Å². The Morgan fingerprint density at radius 2 is 1.90 bits per heavy atom. The molecule has 0 radical (unpaired) electrons. The SMILES string of the molecule is COc1nc(OC2CCNC2C)c2ccc(-c3ccc(F)c4sc(N)nc34)c(F)c2n1. The Morgan fingerprint density at radius 1 is 1.10 bits per heavy atom. The van der Waals surface area contributed by atoms with E-state index >= 15 is 4.39 Å². The number of rotatable bonds is 4. The number of aromatic nitrogens is 3. The molecule has 10 heteroatoms. The van der Waals surface area contributed by atoms with Gasteiger partial charge in [0, 0.05) is 17.2 Å². The quantitative estimate of drug-likeness (QED) is 0.494. The van der Waals surface area contributed by atoms with E-state index in [1.165, 1.54) is 19.2 Å². The molecular formula is C21H19F2N5O2S. The number of nitrogens with two attached hydrogens (primary N) is 1. The first-order valence-electron chi connectivity index (χ1n) is 9.75. The van der Waals surface area contributed by atoms with Crippen LogP contribution in [0.2, 0.25) is 0 Å². The molecule has 160 valence electrons. The maximum Gasteiger partial charge on any atom is 0.320 e. The van der Waals surface area contributed by atoms with Crippen molar-refractivity contribution in [2.24, 2.45) is 0 Å². The van der Waals surface area contributed by atoms with Crippen LogP contribution in [-0.2, 0) is 0 Å². The second kappa shape index (κ2) is 7.54. The largest absolute Gasteiger partial charge is 0.472 e. The molecule has 7 nitrogen and oxygen atoms in total. The fourth-order valence-corrected chi connectivity index (χ4v) is 4.62. The van der Waals surface area contributed by atoms with Gasteiger partial charge in [0.05, 0.1) is 22.7 Å². The Bertz CT molecular complexity index is 1310. The van der Waals surface area contributed by atoms with E-state index in [1.54, 1.807) is 12.1 Å². The van der Waals surface area contributed by atoms with Crippen molar-refractivity contribution >= 4 is 37.6 Å². The average molecular weight is 443 g/mol. The van der Waals surface area contributed by atoms with E-state index in [-0.39, 0.29) is 44.9 Å². The summed E-state index contributed by atoms with van der Waals surface area (Å²) in [5.41, 5.74) is 6.79. The molecule has 1 fully saturated rings. The summed E-state index contributed by atoms with van der Waals surface area (Å²) in [4.78, 5) is 12.7. The van der Waals surface area contributed by atoms with Crippen LogP contribution in [0.25, 0.3) is 32.2 Å². The van der Waals surface area contributed by atoms with Crippen LogP contribution in [0.1, 0.15) is 13.3 Å². The third-order valence-electron chi connectivity index (χ3n) is 5.45. The highest BCUT2D eigenvalue weighted by molar-refractivity contribution is 7.22. The van der Waals surface area contributed by atoms with Crippen molar-refractivity contribution in [1.82, 2.24) is 20.3 Å². The average Bonchev–Trinajstić information content (AvgIpc) is 3.35. The van der Waals surface area contributed by atoms with Crippen molar-refractivity contribution in [1.29, 1.82) is 0 Å². The number of fused-ring (bicyclic) bond motifs is 2. The minimum atomic E-state index is -0.597. The topological polar surface area (TPSA) is 95.2 Å². The number of thiazole rings is 1. The summed E-state index contributed by atoms with van der Waals surface area (Å²) in [6.07, 6.45) is 0.717. The summed E-state index contributed by atoms with van der Waals surface area (Å²) in [6, 6.07) is 6.20. The van der Waals surface area contributed by atoms with Crippen LogP contribution in [0.4, 0.5) is 13.9 Å². The molecule has 2 atom stereocenters. The second-order valence-electron chi connectivity index (χ2n) is 7.35.